The molecule has 1 N–H and O–H groups in total. The minimum absolute atomic E-state index is 0.0325. The van der Waals surface area contributed by atoms with Gasteiger partial charge in [0.15, 0.2) is 6.10 Å². The summed E-state index contributed by atoms with van der Waals surface area (Å²) in [5.41, 5.74) is 4.19. The first-order chi connectivity index (χ1) is 26.5. The monoisotopic (exact) mass is 726 g/mol. The van der Waals surface area contributed by atoms with Gasteiger partial charge in [0.25, 0.3) is 5.88 Å². The number of H-pyrrole nitrogens is 1. The number of carbonyl (C=O) groups is 2. The van der Waals surface area contributed by atoms with Gasteiger partial charge in [-0.25, -0.2) is 14.2 Å². The van der Waals surface area contributed by atoms with Crippen LogP contribution < -0.4 is 14.5 Å². The van der Waals surface area contributed by atoms with Crippen LogP contribution in [-0.4, -0.2) is 77.5 Å². The van der Waals surface area contributed by atoms with Crippen LogP contribution in [0, 0.1) is 5.82 Å². The van der Waals surface area contributed by atoms with E-state index >= 15 is 4.39 Å². The van der Waals surface area contributed by atoms with Crippen LogP contribution in [0.1, 0.15) is 34.6 Å². The van der Waals surface area contributed by atoms with Gasteiger partial charge in [0.1, 0.15) is 29.9 Å². The molecule has 0 aliphatic carbocycles. The molecule has 2 aliphatic heterocycles. The molecule has 4 aromatic carbocycles. The maximum absolute atomic E-state index is 15.5. The summed E-state index contributed by atoms with van der Waals surface area (Å²) in [5, 5.41) is 3.68. The summed E-state index contributed by atoms with van der Waals surface area (Å²) in [6, 6.07) is 37.4. The zero-order valence-electron chi connectivity index (χ0n) is 29.5. The van der Waals surface area contributed by atoms with E-state index in [-0.39, 0.29) is 19.1 Å². The van der Waals surface area contributed by atoms with Crippen molar-refractivity contribution in [2.24, 2.45) is 0 Å². The van der Waals surface area contributed by atoms with Gasteiger partial charge in [0.05, 0.1) is 23.6 Å². The molecule has 2 fully saturated rings. The van der Waals surface area contributed by atoms with Crippen LogP contribution in [-0.2, 0) is 21.4 Å². The van der Waals surface area contributed by atoms with Gasteiger partial charge >= 0.3 is 6.09 Å². The molecular weight excluding hydrogens is 687 g/mol. The molecule has 6 aromatic rings. The first-order valence-corrected chi connectivity index (χ1v) is 18.0. The van der Waals surface area contributed by atoms with Gasteiger partial charge in [-0.05, 0) is 46.5 Å². The van der Waals surface area contributed by atoms with Crippen LogP contribution in [0.15, 0.2) is 132 Å². The molecule has 0 saturated carbocycles. The van der Waals surface area contributed by atoms with Gasteiger partial charge in [-0.15, -0.1) is 0 Å². The lowest BCUT2D eigenvalue weighted by Gasteiger charge is -2.36. The minimum atomic E-state index is -0.691. The number of ether oxygens (including phenoxy) is 2. The van der Waals surface area contributed by atoms with Crippen molar-refractivity contribution in [1.29, 1.82) is 0 Å². The molecule has 54 heavy (non-hydrogen) atoms. The molecular formula is C42H39FN6O5. The number of benzene rings is 4. The Hall–Kier alpha value is -6.43. The predicted molar refractivity (Wildman–Crippen MR) is 200 cm³/mol. The molecule has 11 nitrogen and oxygen atoms in total. The third-order valence-electron chi connectivity index (χ3n) is 10.1. The van der Waals surface area contributed by atoms with E-state index in [1.54, 1.807) is 18.2 Å². The van der Waals surface area contributed by atoms with Crippen molar-refractivity contribution in [3.05, 3.63) is 162 Å². The summed E-state index contributed by atoms with van der Waals surface area (Å²) in [5.74, 6) is 0.662. The molecule has 2 aliphatic rings. The fourth-order valence-electron chi connectivity index (χ4n) is 7.44. The SMILES string of the molecule is O=C(CCc1c[nH]c(C(c2ccccc2)(c2ccccc2)c2ccccc2)n1)N1CCN(c2ccc(N3C[C@H](COc4ccon4)OC3=O)cc2F)CC1. The number of cyclic esters (lactones) is 1. The molecule has 274 valence electrons. The zero-order chi connectivity index (χ0) is 36.9. The Balaban J connectivity index is 0.898. The number of halogens is 1. The van der Waals surface area contributed by atoms with E-state index in [0.717, 1.165) is 28.2 Å². The van der Waals surface area contributed by atoms with E-state index < -0.39 is 23.4 Å². The number of aromatic nitrogens is 3. The second kappa shape index (κ2) is 15.3. The van der Waals surface area contributed by atoms with Crippen molar-refractivity contribution in [2.45, 2.75) is 24.4 Å². The van der Waals surface area contributed by atoms with Crippen LogP contribution in [0.25, 0.3) is 0 Å². The standard InChI is InChI=1S/C42H39FN6O5/c43-36-26-34(49-28-35(54-41(49)51)29-52-38-20-25-53-46-38)17-18-37(36)47-21-23-48(24-22-47)39(50)19-16-33-27-44-40(45-33)42(30-10-4-1-5-11-30,31-12-6-2-7-13-31)32-14-8-3-9-15-32/h1-15,17-18,20,25-27,35H,16,19,21-24,28-29H2,(H,44,45)/t35-/m1/s1. The number of anilines is 2. The average molecular weight is 727 g/mol. The number of imidazole rings is 1. The highest BCUT2D eigenvalue weighted by atomic mass is 19.1. The Labute approximate surface area is 311 Å². The van der Waals surface area contributed by atoms with Crippen LogP contribution in [0.2, 0.25) is 0 Å². The molecule has 0 bridgehead atoms. The van der Waals surface area contributed by atoms with Gasteiger partial charge in [0.2, 0.25) is 5.91 Å². The molecule has 1 atom stereocenters. The second-order valence-corrected chi connectivity index (χ2v) is 13.4. The number of nitrogens with zero attached hydrogens (tertiary/aromatic N) is 5. The molecule has 2 aromatic heterocycles. The number of piperazine rings is 1. The number of hydrogen-bond donors (Lipinski definition) is 1. The van der Waals surface area contributed by atoms with E-state index in [1.165, 1.54) is 17.2 Å². The highest BCUT2D eigenvalue weighted by Crippen LogP contribution is 2.43. The average Bonchev–Trinajstić information content (AvgIpc) is 4.00. The van der Waals surface area contributed by atoms with Crippen molar-refractivity contribution < 1.29 is 28.0 Å². The lowest BCUT2D eigenvalue weighted by atomic mass is 9.69. The summed E-state index contributed by atoms with van der Waals surface area (Å²) in [6.07, 6.45) is 2.97. The molecule has 0 radical (unpaired) electrons. The van der Waals surface area contributed by atoms with E-state index in [0.29, 0.717) is 56.3 Å². The largest absolute Gasteiger partial charge is 0.471 e. The Bertz CT molecular complexity index is 2080. The molecule has 8 rings (SSSR count). The van der Waals surface area contributed by atoms with Crippen LogP contribution in [0.4, 0.5) is 20.6 Å². The zero-order valence-corrected chi connectivity index (χ0v) is 29.5. The quantitative estimate of drug-likeness (QED) is 0.140. The molecule has 4 heterocycles. The van der Waals surface area contributed by atoms with Gasteiger partial charge < -0.3 is 28.8 Å². The molecule has 12 heteroatoms. The number of rotatable bonds is 12. The van der Waals surface area contributed by atoms with Gasteiger partial charge in [-0.1, -0.05) is 91.0 Å². The normalized spacial score (nSPS) is 16.1. The summed E-state index contributed by atoms with van der Waals surface area (Å²) in [6.45, 7) is 2.21. The van der Waals surface area contributed by atoms with Gasteiger partial charge in [-0.3, -0.25) is 9.69 Å². The minimum Gasteiger partial charge on any atom is -0.471 e. The van der Waals surface area contributed by atoms with Crippen LogP contribution >= 0.6 is 0 Å². The number of amides is 2. The number of carbonyl (C=O) groups excluding carboxylic acids is 2. The molecule has 2 saturated heterocycles. The Morgan fingerprint density at radius 1 is 0.870 bits per heavy atom. The van der Waals surface area contributed by atoms with E-state index in [4.69, 9.17) is 19.0 Å². The van der Waals surface area contributed by atoms with Crippen LogP contribution in [0.3, 0.4) is 0 Å². The van der Waals surface area contributed by atoms with Crippen molar-refractivity contribution in [3.63, 3.8) is 0 Å². The predicted octanol–water partition coefficient (Wildman–Crippen LogP) is 6.61. The number of aromatic amines is 1. The maximum Gasteiger partial charge on any atom is 0.414 e. The highest BCUT2D eigenvalue weighted by molar-refractivity contribution is 5.90. The number of hydrogen-bond acceptors (Lipinski definition) is 8. The lowest BCUT2D eigenvalue weighted by molar-refractivity contribution is -0.131. The smallest absolute Gasteiger partial charge is 0.414 e. The second-order valence-electron chi connectivity index (χ2n) is 13.4. The van der Waals surface area contributed by atoms with E-state index in [2.05, 4.69) is 46.5 Å². The third kappa shape index (κ3) is 6.90. The van der Waals surface area contributed by atoms with Crippen molar-refractivity contribution in [3.8, 4) is 5.88 Å². The maximum atomic E-state index is 15.5. The first kappa shape index (κ1) is 34.6. The Morgan fingerprint density at radius 2 is 1.52 bits per heavy atom. The molecule has 0 spiro atoms. The summed E-state index contributed by atoms with van der Waals surface area (Å²) >= 11 is 0. The van der Waals surface area contributed by atoms with Gasteiger partial charge in [-0.2, -0.15) is 0 Å². The van der Waals surface area contributed by atoms with E-state index in [1.807, 2.05) is 70.6 Å². The number of aryl methyl sites for hydroxylation is 1. The third-order valence-corrected chi connectivity index (χ3v) is 10.1. The summed E-state index contributed by atoms with van der Waals surface area (Å²) in [7, 11) is 0. The lowest BCUT2D eigenvalue weighted by Crippen LogP contribution is -2.49. The fraction of sp³-hybridized carbons (Fsp3) is 0.238. The Morgan fingerprint density at radius 3 is 2.11 bits per heavy atom. The topological polar surface area (TPSA) is 117 Å². The van der Waals surface area contributed by atoms with Crippen LogP contribution in [0.5, 0.6) is 5.88 Å². The molecule has 2 amide bonds. The fourth-order valence-corrected chi connectivity index (χ4v) is 7.44. The van der Waals surface area contributed by atoms with Crippen molar-refractivity contribution in [2.75, 3.05) is 49.1 Å². The highest BCUT2D eigenvalue weighted by Gasteiger charge is 2.41. The first-order valence-electron chi connectivity index (χ1n) is 18.0. The number of nitrogens with one attached hydrogen (secondary N) is 1. The summed E-state index contributed by atoms with van der Waals surface area (Å²) < 4.78 is 31.1. The van der Waals surface area contributed by atoms with Crippen molar-refractivity contribution in [1.82, 2.24) is 20.0 Å². The van der Waals surface area contributed by atoms with Crippen molar-refractivity contribution >= 4 is 23.4 Å². The molecule has 0 unspecified atom stereocenters. The van der Waals surface area contributed by atoms with E-state index in [9.17, 15) is 9.59 Å². The Kier molecular flexibility index (Phi) is 9.80. The summed E-state index contributed by atoms with van der Waals surface area (Å²) in [4.78, 5) is 39.8. The van der Waals surface area contributed by atoms with Gasteiger partial charge in [0, 0.05) is 44.9 Å².